The number of primary sulfonamides is 1. The van der Waals surface area contributed by atoms with Crippen LogP contribution in [0.5, 0.6) is 0 Å². The van der Waals surface area contributed by atoms with E-state index in [1.165, 1.54) is 30.0 Å². The third-order valence-electron chi connectivity index (χ3n) is 2.91. The number of amides is 1. The lowest BCUT2D eigenvalue weighted by Crippen LogP contribution is -2.22. The van der Waals surface area contributed by atoms with E-state index in [-0.39, 0.29) is 16.1 Å². The fourth-order valence-electron chi connectivity index (χ4n) is 1.79. The first kappa shape index (κ1) is 17.8. The van der Waals surface area contributed by atoms with Crippen LogP contribution in [0, 0.1) is 0 Å². The Hall–Kier alpha value is -1.54. The number of nitrogens with one attached hydrogen (secondary N) is 1. The molecule has 2 aromatic carbocycles. The first-order valence-corrected chi connectivity index (χ1v) is 9.42. The Kier molecular flexibility index (Phi) is 5.69. The number of carbonyl (C=O) groups excluding carboxylic acids is 1. The lowest BCUT2D eigenvalue weighted by atomic mass is 10.3. The van der Waals surface area contributed by atoms with Crippen LogP contribution in [-0.2, 0) is 14.8 Å². The van der Waals surface area contributed by atoms with Gasteiger partial charge < -0.3 is 5.32 Å². The van der Waals surface area contributed by atoms with E-state index in [1.54, 1.807) is 25.1 Å². The van der Waals surface area contributed by atoms with Gasteiger partial charge in [-0.3, -0.25) is 4.79 Å². The van der Waals surface area contributed by atoms with Gasteiger partial charge in [0.25, 0.3) is 0 Å². The number of sulfonamides is 1. The van der Waals surface area contributed by atoms with Gasteiger partial charge in [0.15, 0.2) is 0 Å². The second-order valence-corrected chi connectivity index (χ2v) is 8.19. The summed E-state index contributed by atoms with van der Waals surface area (Å²) in [5.41, 5.74) is 0.375. The van der Waals surface area contributed by atoms with Gasteiger partial charge in [-0.2, -0.15) is 0 Å². The lowest BCUT2D eigenvalue weighted by Gasteiger charge is -2.12. The predicted molar refractivity (Wildman–Crippen MR) is 93.2 cm³/mol. The summed E-state index contributed by atoms with van der Waals surface area (Å²) in [5.74, 6) is -0.249. The summed E-state index contributed by atoms with van der Waals surface area (Å²) >= 11 is 7.27. The molecular weight excluding hydrogens is 356 g/mol. The van der Waals surface area contributed by atoms with Crippen molar-refractivity contribution in [2.45, 2.75) is 22.0 Å². The molecule has 0 saturated heterocycles. The highest BCUT2D eigenvalue weighted by Crippen LogP contribution is 2.26. The zero-order chi connectivity index (χ0) is 17.0. The Bertz CT molecular complexity index is 825. The van der Waals surface area contributed by atoms with Gasteiger partial charge in [-0.15, -0.1) is 11.8 Å². The first-order valence-electron chi connectivity index (χ1n) is 6.61. The summed E-state index contributed by atoms with van der Waals surface area (Å²) in [7, 11) is -3.81. The van der Waals surface area contributed by atoms with Gasteiger partial charge in [-0.05, 0) is 43.3 Å². The average Bonchev–Trinajstić information content (AvgIpc) is 2.46. The van der Waals surface area contributed by atoms with Crippen LogP contribution in [0.2, 0.25) is 5.02 Å². The van der Waals surface area contributed by atoms with Crippen molar-refractivity contribution in [1.29, 1.82) is 0 Å². The Balaban J connectivity index is 2.07. The second kappa shape index (κ2) is 7.35. The maximum atomic E-state index is 12.2. The third-order valence-corrected chi connectivity index (χ3v) is 5.15. The standard InChI is InChI=1S/C15H15ClN2O3S2/c1-10(22-13-6-2-4-11(16)8-13)15(19)18-12-5-3-7-14(9-12)23(17,20)21/h2-10H,1H3,(H,18,19)(H2,17,20,21). The van der Waals surface area contributed by atoms with E-state index in [9.17, 15) is 13.2 Å². The zero-order valence-corrected chi connectivity index (χ0v) is 14.6. The van der Waals surface area contributed by atoms with Gasteiger partial charge in [0, 0.05) is 15.6 Å². The molecule has 1 amide bonds. The van der Waals surface area contributed by atoms with Crippen LogP contribution in [0.4, 0.5) is 5.69 Å². The molecule has 3 N–H and O–H groups in total. The van der Waals surface area contributed by atoms with Crippen LogP contribution in [0.3, 0.4) is 0 Å². The molecule has 1 unspecified atom stereocenters. The van der Waals surface area contributed by atoms with Crippen LogP contribution in [0.25, 0.3) is 0 Å². The summed E-state index contributed by atoms with van der Waals surface area (Å²) in [6.45, 7) is 1.75. The second-order valence-electron chi connectivity index (χ2n) is 4.78. The number of hydrogen-bond donors (Lipinski definition) is 2. The van der Waals surface area contributed by atoms with E-state index in [0.717, 1.165) is 4.90 Å². The third kappa shape index (κ3) is 5.24. The van der Waals surface area contributed by atoms with Crippen LogP contribution in [0.1, 0.15) is 6.92 Å². The molecule has 0 aliphatic carbocycles. The molecule has 2 rings (SSSR count). The smallest absolute Gasteiger partial charge is 0.238 e. The number of rotatable bonds is 5. The van der Waals surface area contributed by atoms with E-state index >= 15 is 0 Å². The first-order chi connectivity index (χ1) is 10.8. The van der Waals surface area contributed by atoms with Gasteiger partial charge >= 0.3 is 0 Å². The Morgan fingerprint density at radius 1 is 1.22 bits per heavy atom. The fourth-order valence-corrected chi connectivity index (χ4v) is 3.53. The predicted octanol–water partition coefficient (Wildman–Crippen LogP) is 3.11. The molecule has 122 valence electrons. The fraction of sp³-hybridized carbons (Fsp3) is 0.133. The number of thioether (sulfide) groups is 1. The molecule has 0 spiro atoms. The van der Waals surface area contributed by atoms with Gasteiger partial charge in [0.2, 0.25) is 15.9 Å². The highest BCUT2D eigenvalue weighted by molar-refractivity contribution is 8.00. The van der Waals surface area contributed by atoms with Crippen molar-refractivity contribution < 1.29 is 13.2 Å². The lowest BCUT2D eigenvalue weighted by molar-refractivity contribution is -0.115. The largest absolute Gasteiger partial charge is 0.325 e. The van der Waals surface area contributed by atoms with Crippen molar-refractivity contribution >= 4 is 45.0 Å². The van der Waals surface area contributed by atoms with Crippen LogP contribution >= 0.6 is 23.4 Å². The monoisotopic (exact) mass is 370 g/mol. The Morgan fingerprint density at radius 2 is 1.91 bits per heavy atom. The normalized spacial score (nSPS) is 12.7. The average molecular weight is 371 g/mol. The summed E-state index contributed by atoms with van der Waals surface area (Å²) < 4.78 is 22.7. The number of hydrogen-bond acceptors (Lipinski definition) is 4. The van der Waals surface area contributed by atoms with Gasteiger partial charge in [-0.1, -0.05) is 23.7 Å². The van der Waals surface area contributed by atoms with Crippen molar-refractivity contribution in [3.63, 3.8) is 0 Å². The molecule has 0 heterocycles. The number of carbonyl (C=O) groups is 1. The molecule has 1 atom stereocenters. The molecule has 0 radical (unpaired) electrons. The van der Waals surface area contributed by atoms with E-state index in [0.29, 0.717) is 10.7 Å². The summed E-state index contributed by atoms with van der Waals surface area (Å²) in [5, 5.41) is 7.97. The van der Waals surface area contributed by atoms with Crippen LogP contribution < -0.4 is 10.5 Å². The highest BCUT2D eigenvalue weighted by atomic mass is 35.5. The quantitative estimate of drug-likeness (QED) is 0.791. The van der Waals surface area contributed by atoms with Gasteiger partial charge in [-0.25, -0.2) is 13.6 Å². The van der Waals surface area contributed by atoms with E-state index in [2.05, 4.69) is 5.32 Å². The molecule has 0 aliphatic heterocycles. The molecule has 0 fully saturated rings. The molecule has 0 bridgehead atoms. The summed E-state index contributed by atoms with van der Waals surface area (Å²) in [6, 6.07) is 13.0. The number of halogens is 1. The molecule has 0 saturated carbocycles. The van der Waals surface area contributed by atoms with Gasteiger partial charge in [0.05, 0.1) is 10.1 Å². The van der Waals surface area contributed by atoms with Crippen LogP contribution in [-0.4, -0.2) is 19.6 Å². The van der Waals surface area contributed by atoms with E-state index in [1.807, 2.05) is 12.1 Å². The summed E-state index contributed by atoms with van der Waals surface area (Å²) in [6.07, 6.45) is 0. The maximum Gasteiger partial charge on any atom is 0.238 e. The molecule has 5 nitrogen and oxygen atoms in total. The van der Waals surface area contributed by atoms with Gasteiger partial charge in [0.1, 0.15) is 0 Å². The molecule has 8 heteroatoms. The number of anilines is 1. The van der Waals surface area contributed by atoms with Crippen molar-refractivity contribution in [3.8, 4) is 0 Å². The Labute approximate surface area is 144 Å². The molecule has 2 aromatic rings. The SMILES string of the molecule is CC(Sc1cccc(Cl)c1)C(=O)Nc1cccc(S(N)(=O)=O)c1. The van der Waals surface area contributed by atoms with E-state index < -0.39 is 10.0 Å². The zero-order valence-electron chi connectivity index (χ0n) is 12.2. The minimum absolute atomic E-state index is 0.0505. The number of benzene rings is 2. The maximum absolute atomic E-state index is 12.2. The van der Waals surface area contributed by atoms with Crippen molar-refractivity contribution in [2.24, 2.45) is 5.14 Å². The van der Waals surface area contributed by atoms with E-state index in [4.69, 9.17) is 16.7 Å². The minimum atomic E-state index is -3.81. The van der Waals surface area contributed by atoms with Crippen molar-refractivity contribution in [3.05, 3.63) is 53.6 Å². The topological polar surface area (TPSA) is 89.3 Å². The highest BCUT2D eigenvalue weighted by Gasteiger charge is 2.16. The molecule has 23 heavy (non-hydrogen) atoms. The molecule has 0 aromatic heterocycles. The summed E-state index contributed by atoms with van der Waals surface area (Å²) in [4.78, 5) is 13.0. The molecular formula is C15H15ClN2O3S2. The minimum Gasteiger partial charge on any atom is -0.325 e. The Morgan fingerprint density at radius 3 is 2.57 bits per heavy atom. The van der Waals surface area contributed by atoms with Crippen LogP contribution in [0.15, 0.2) is 58.3 Å². The van der Waals surface area contributed by atoms with Crippen molar-refractivity contribution in [2.75, 3.05) is 5.32 Å². The molecule has 0 aliphatic rings. The number of nitrogens with two attached hydrogens (primary N) is 1. The van der Waals surface area contributed by atoms with Crippen molar-refractivity contribution in [1.82, 2.24) is 0 Å².